The number of methoxy groups -OCH3 is 1. The maximum atomic E-state index is 13.5. The standard InChI is InChI=1S/C14H13FN2O3/c1-19-14(18)9-2-4-11(17-7-9)8-20-13-5-3-10(16)6-12(13)15/h2-7H,8,16H2,1H3. The van der Waals surface area contributed by atoms with Crippen LogP contribution in [0.25, 0.3) is 0 Å². The molecule has 0 aliphatic heterocycles. The molecule has 1 aromatic heterocycles. The minimum absolute atomic E-state index is 0.0856. The number of carbonyl (C=O) groups excluding carboxylic acids is 1. The molecule has 1 heterocycles. The van der Waals surface area contributed by atoms with E-state index >= 15 is 0 Å². The molecule has 2 rings (SSSR count). The Morgan fingerprint density at radius 1 is 1.35 bits per heavy atom. The van der Waals surface area contributed by atoms with Crippen molar-refractivity contribution >= 4 is 11.7 Å². The van der Waals surface area contributed by atoms with Crippen molar-refractivity contribution < 1.29 is 18.7 Å². The minimum Gasteiger partial charge on any atom is -0.484 e. The first-order valence-electron chi connectivity index (χ1n) is 5.81. The van der Waals surface area contributed by atoms with Crippen molar-refractivity contribution in [2.45, 2.75) is 6.61 Å². The van der Waals surface area contributed by atoms with Crippen LogP contribution in [-0.2, 0) is 11.3 Å². The van der Waals surface area contributed by atoms with Gasteiger partial charge in [-0.3, -0.25) is 4.98 Å². The molecule has 0 spiro atoms. The summed E-state index contributed by atoms with van der Waals surface area (Å²) in [6, 6.07) is 7.36. The van der Waals surface area contributed by atoms with E-state index in [-0.39, 0.29) is 12.4 Å². The highest BCUT2D eigenvalue weighted by molar-refractivity contribution is 5.88. The van der Waals surface area contributed by atoms with Crippen molar-refractivity contribution in [2.75, 3.05) is 12.8 Å². The summed E-state index contributed by atoms with van der Waals surface area (Å²) in [7, 11) is 1.29. The number of pyridine rings is 1. The van der Waals surface area contributed by atoms with Crippen molar-refractivity contribution in [3.63, 3.8) is 0 Å². The second-order valence-corrected chi connectivity index (χ2v) is 4.01. The van der Waals surface area contributed by atoms with Crippen LogP contribution in [0.1, 0.15) is 16.1 Å². The van der Waals surface area contributed by atoms with Crippen molar-refractivity contribution in [3.05, 3.63) is 53.6 Å². The SMILES string of the molecule is COC(=O)c1ccc(COc2ccc(N)cc2F)nc1. The van der Waals surface area contributed by atoms with Crippen LogP contribution < -0.4 is 10.5 Å². The lowest BCUT2D eigenvalue weighted by Crippen LogP contribution is -2.04. The molecule has 0 saturated heterocycles. The summed E-state index contributed by atoms with van der Waals surface area (Å²) in [5, 5.41) is 0. The molecule has 1 aromatic carbocycles. The fraction of sp³-hybridized carbons (Fsp3) is 0.143. The Hall–Kier alpha value is -2.63. The summed E-state index contributed by atoms with van der Waals surface area (Å²) in [5.74, 6) is -0.899. The van der Waals surface area contributed by atoms with Crippen LogP contribution >= 0.6 is 0 Å². The molecule has 0 fully saturated rings. The van der Waals surface area contributed by atoms with Crippen molar-refractivity contribution in [2.24, 2.45) is 0 Å². The molecule has 104 valence electrons. The van der Waals surface area contributed by atoms with Crippen LogP contribution in [0.2, 0.25) is 0 Å². The van der Waals surface area contributed by atoms with E-state index in [0.717, 1.165) is 0 Å². The van der Waals surface area contributed by atoms with E-state index in [1.54, 1.807) is 18.2 Å². The molecule has 2 aromatic rings. The van der Waals surface area contributed by atoms with E-state index in [0.29, 0.717) is 16.9 Å². The summed E-state index contributed by atoms with van der Waals surface area (Å²) < 4.78 is 23.3. The number of hydrogen-bond donors (Lipinski definition) is 1. The third kappa shape index (κ3) is 3.23. The number of hydrogen-bond acceptors (Lipinski definition) is 5. The van der Waals surface area contributed by atoms with Gasteiger partial charge >= 0.3 is 5.97 Å². The molecule has 2 N–H and O–H groups in total. The van der Waals surface area contributed by atoms with E-state index in [9.17, 15) is 9.18 Å². The van der Waals surface area contributed by atoms with E-state index in [1.807, 2.05) is 0 Å². The Morgan fingerprint density at radius 2 is 2.15 bits per heavy atom. The molecule has 0 unspecified atom stereocenters. The lowest BCUT2D eigenvalue weighted by molar-refractivity contribution is 0.0600. The molecule has 6 heteroatoms. The van der Waals surface area contributed by atoms with Gasteiger partial charge in [0.15, 0.2) is 11.6 Å². The molecule has 0 aliphatic rings. The van der Waals surface area contributed by atoms with E-state index < -0.39 is 11.8 Å². The zero-order valence-corrected chi connectivity index (χ0v) is 10.8. The predicted molar refractivity (Wildman–Crippen MR) is 70.7 cm³/mol. The van der Waals surface area contributed by atoms with Crippen LogP contribution in [0.15, 0.2) is 36.5 Å². The monoisotopic (exact) mass is 276 g/mol. The third-order valence-electron chi connectivity index (χ3n) is 2.58. The number of aromatic nitrogens is 1. The van der Waals surface area contributed by atoms with Crippen molar-refractivity contribution in [3.8, 4) is 5.75 Å². The molecular weight excluding hydrogens is 263 g/mol. The normalized spacial score (nSPS) is 10.1. The first-order valence-corrected chi connectivity index (χ1v) is 5.81. The average Bonchev–Trinajstić information content (AvgIpc) is 2.46. The summed E-state index contributed by atoms with van der Waals surface area (Å²) in [6.07, 6.45) is 1.38. The Morgan fingerprint density at radius 3 is 2.75 bits per heavy atom. The molecule has 0 amide bonds. The van der Waals surface area contributed by atoms with Gasteiger partial charge in [0.25, 0.3) is 0 Å². The van der Waals surface area contributed by atoms with Crippen LogP contribution in [0.3, 0.4) is 0 Å². The summed E-state index contributed by atoms with van der Waals surface area (Å²) in [4.78, 5) is 15.3. The number of nitrogens with zero attached hydrogens (tertiary/aromatic N) is 1. The summed E-state index contributed by atoms with van der Waals surface area (Å²) in [5.41, 5.74) is 6.68. The lowest BCUT2D eigenvalue weighted by atomic mass is 10.2. The fourth-order valence-corrected chi connectivity index (χ4v) is 1.53. The van der Waals surface area contributed by atoms with Gasteiger partial charge in [0.1, 0.15) is 6.61 Å². The minimum atomic E-state index is -0.531. The van der Waals surface area contributed by atoms with Gasteiger partial charge in [-0.2, -0.15) is 0 Å². The number of carbonyl (C=O) groups is 1. The second kappa shape index (κ2) is 6.01. The van der Waals surface area contributed by atoms with Gasteiger partial charge in [0.05, 0.1) is 18.4 Å². The predicted octanol–water partition coefficient (Wildman–Crippen LogP) is 2.17. The van der Waals surface area contributed by atoms with Gasteiger partial charge in [0.2, 0.25) is 0 Å². The zero-order chi connectivity index (χ0) is 14.5. The van der Waals surface area contributed by atoms with Gasteiger partial charge in [-0.15, -0.1) is 0 Å². The Balaban J connectivity index is 2.02. The number of halogens is 1. The van der Waals surface area contributed by atoms with Crippen LogP contribution in [0.4, 0.5) is 10.1 Å². The van der Waals surface area contributed by atoms with E-state index in [4.69, 9.17) is 10.5 Å². The van der Waals surface area contributed by atoms with Crippen molar-refractivity contribution in [1.29, 1.82) is 0 Å². The fourth-order valence-electron chi connectivity index (χ4n) is 1.53. The molecule has 20 heavy (non-hydrogen) atoms. The average molecular weight is 276 g/mol. The number of rotatable bonds is 4. The number of esters is 1. The summed E-state index contributed by atoms with van der Waals surface area (Å²) in [6.45, 7) is 0.0856. The molecule has 0 bridgehead atoms. The van der Waals surface area contributed by atoms with Gasteiger partial charge in [-0.25, -0.2) is 9.18 Å². The smallest absolute Gasteiger partial charge is 0.339 e. The lowest BCUT2D eigenvalue weighted by Gasteiger charge is -2.07. The molecule has 5 nitrogen and oxygen atoms in total. The molecule has 0 saturated carbocycles. The molecule has 0 aliphatic carbocycles. The van der Waals surface area contributed by atoms with E-state index in [2.05, 4.69) is 9.72 Å². The van der Waals surface area contributed by atoms with E-state index in [1.165, 1.54) is 25.4 Å². The van der Waals surface area contributed by atoms with Gasteiger partial charge in [-0.05, 0) is 24.3 Å². The number of nitrogens with two attached hydrogens (primary N) is 1. The Kier molecular flexibility index (Phi) is 4.14. The zero-order valence-electron chi connectivity index (χ0n) is 10.8. The van der Waals surface area contributed by atoms with Crippen LogP contribution in [0.5, 0.6) is 5.75 Å². The Bertz CT molecular complexity index is 614. The number of benzene rings is 1. The highest BCUT2D eigenvalue weighted by atomic mass is 19.1. The quantitative estimate of drug-likeness (QED) is 0.684. The highest BCUT2D eigenvalue weighted by Crippen LogP contribution is 2.20. The highest BCUT2D eigenvalue weighted by Gasteiger charge is 2.07. The first-order chi connectivity index (χ1) is 9.60. The Labute approximate surface area is 115 Å². The summed E-state index contributed by atoms with van der Waals surface area (Å²) >= 11 is 0. The van der Waals surface area contributed by atoms with Gasteiger partial charge in [0, 0.05) is 18.0 Å². The molecular formula is C14H13FN2O3. The molecule has 0 atom stereocenters. The topological polar surface area (TPSA) is 74.4 Å². The van der Waals surface area contributed by atoms with Crippen LogP contribution in [-0.4, -0.2) is 18.1 Å². The van der Waals surface area contributed by atoms with Crippen LogP contribution in [0, 0.1) is 5.82 Å². The number of nitrogen functional groups attached to an aromatic ring is 1. The van der Waals surface area contributed by atoms with Crippen molar-refractivity contribution in [1.82, 2.24) is 4.98 Å². The van der Waals surface area contributed by atoms with Gasteiger partial charge in [-0.1, -0.05) is 0 Å². The van der Waals surface area contributed by atoms with Gasteiger partial charge < -0.3 is 15.2 Å². The maximum absolute atomic E-state index is 13.5. The largest absolute Gasteiger partial charge is 0.484 e. The maximum Gasteiger partial charge on any atom is 0.339 e. The molecule has 0 radical (unpaired) electrons. The number of anilines is 1. The third-order valence-corrected chi connectivity index (χ3v) is 2.58. The first kappa shape index (κ1) is 13.8. The number of ether oxygens (including phenoxy) is 2. The second-order valence-electron chi connectivity index (χ2n) is 4.01.